The smallest absolute Gasteiger partial charge is 0.272 e. The molecule has 0 saturated carbocycles. The largest absolute Gasteiger partial charge is 0.496 e. The molecule has 0 N–H and O–H groups in total. The molecule has 0 fully saturated rings. The lowest BCUT2D eigenvalue weighted by Crippen LogP contribution is -2.22. The number of nitrogens with zero attached hydrogens (tertiary/aromatic N) is 3. The SMILES string of the molecule is CC/C(Cl)=C1/OC(c2cnc(C(=O)N(C)C)cc2OC)=CC1=NC. The van der Waals surface area contributed by atoms with Crippen LogP contribution in [0, 0.1) is 0 Å². The number of carbonyl (C=O) groups excluding carboxylic acids is 1. The van der Waals surface area contributed by atoms with Crippen molar-refractivity contribution in [2.24, 2.45) is 4.99 Å². The van der Waals surface area contributed by atoms with Crippen LogP contribution in [0.2, 0.25) is 0 Å². The summed E-state index contributed by atoms with van der Waals surface area (Å²) in [6.45, 7) is 1.94. The number of pyridine rings is 1. The fourth-order valence-electron chi connectivity index (χ4n) is 2.17. The van der Waals surface area contributed by atoms with Gasteiger partial charge in [-0.05, 0) is 6.42 Å². The van der Waals surface area contributed by atoms with Gasteiger partial charge < -0.3 is 14.4 Å². The molecule has 1 aromatic heterocycles. The maximum Gasteiger partial charge on any atom is 0.272 e. The van der Waals surface area contributed by atoms with Gasteiger partial charge in [0.2, 0.25) is 0 Å². The summed E-state index contributed by atoms with van der Waals surface area (Å²) in [6, 6.07) is 1.59. The quantitative estimate of drug-likeness (QED) is 0.837. The van der Waals surface area contributed by atoms with Crippen LogP contribution in [0.1, 0.15) is 29.4 Å². The van der Waals surface area contributed by atoms with Gasteiger partial charge >= 0.3 is 0 Å². The van der Waals surface area contributed by atoms with Crippen LogP contribution in [0.3, 0.4) is 0 Å². The van der Waals surface area contributed by atoms with E-state index in [1.54, 1.807) is 39.5 Å². The van der Waals surface area contributed by atoms with E-state index in [2.05, 4.69) is 9.98 Å². The predicted molar refractivity (Wildman–Crippen MR) is 94.4 cm³/mol. The number of aromatic nitrogens is 1. The first-order valence-corrected chi connectivity index (χ1v) is 7.82. The van der Waals surface area contributed by atoms with Gasteiger partial charge in [-0.2, -0.15) is 0 Å². The molecule has 0 bridgehead atoms. The maximum atomic E-state index is 12.0. The van der Waals surface area contributed by atoms with E-state index in [1.165, 1.54) is 12.0 Å². The Morgan fingerprint density at radius 1 is 1.46 bits per heavy atom. The third-order valence-electron chi connectivity index (χ3n) is 3.49. The first kappa shape index (κ1) is 18.0. The molecule has 0 unspecified atom stereocenters. The van der Waals surface area contributed by atoms with Crippen LogP contribution in [0.4, 0.5) is 0 Å². The van der Waals surface area contributed by atoms with Crippen molar-refractivity contribution in [1.29, 1.82) is 0 Å². The molecule has 2 rings (SSSR count). The minimum Gasteiger partial charge on any atom is -0.496 e. The molecule has 24 heavy (non-hydrogen) atoms. The molecule has 0 aromatic carbocycles. The van der Waals surface area contributed by atoms with E-state index in [0.29, 0.717) is 45.7 Å². The topological polar surface area (TPSA) is 64.0 Å². The third-order valence-corrected chi connectivity index (χ3v) is 3.93. The van der Waals surface area contributed by atoms with Gasteiger partial charge in [0.05, 0.1) is 17.7 Å². The number of halogens is 1. The van der Waals surface area contributed by atoms with Gasteiger partial charge in [0.15, 0.2) is 5.76 Å². The van der Waals surface area contributed by atoms with Crippen molar-refractivity contribution in [3.05, 3.63) is 40.4 Å². The average molecular weight is 350 g/mol. The Morgan fingerprint density at radius 3 is 2.71 bits per heavy atom. The van der Waals surface area contributed by atoms with Crippen LogP contribution in [-0.2, 0) is 4.74 Å². The normalized spacial score (nSPS) is 17.4. The van der Waals surface area contributed by atoms with Crippen molar-refractivity contribution < 1.29 is 14.3 Å². The molecular formula is C17H20ClN3O3. The second-order valence-corrected chi connectivity index (χ2v) is 5.73. The number of allylic oxidation sites excluding steroid dienone is 2. The van der Waals surface area contributed by atoms with E-state index >= 15 is 0 Å². The van der Waals surface area contributed by atoms with Crippen LogP contribution < -0.4 is 4.74 Å². The van der Waals surface area contributed by atoms with Gasteiger partial charge in [-0.25, -0.2) is 0 Å². The fraction of sp³-hybridized carbons (Fsp3) is 0.353. The summed E-state index contributed by atoms with van der Waals surface area (Å²) in [5, 5.41) is 0.591. The van der Waals surface area contributed by atoms with Gasteiger partial charge in [0.25, 0.3) is 5.91 Å². The summed E-state index contributed by atoms with van der Waals surface area (Å²) >= 11 is 6.22. The van der Waals surface area contributed by atoms with Crippen LogP contribution in [0.5, 0.6) is 5.75 Å². The molecule has 128 valence electrons. The van der Waals surface area contributed by atoms with E-state index in [-0.39, 0.29) is 5.91 Å². The molecule has 1 aromatic rings. The van der Waals surface area contributed by atoms with Crippen LogP contribution in [0.15, 0.2) is 34.1 Å². The Kier molecular flexibility index (Phi) is 5.62. The van der Waals surface area contributed by atoms with E-state index in [9.17, 15) is 4.79 Å². The molecule has 2 heterocycles. The van der Waals surface area contributed by atoms with E-state index < -0.39 is 0 Å². The number of methoxy groups -OCH3 is 1. The molecule has 1 amide bonds. The van der Waals surface area contributed by atoms with Crippen molar-refractivity contribution in [3.8, 4) is 5.75 Å². The standard InChI is InChI=1S/C17H20ClN3O3/c1-6-11(18)16-12(19-2)7-15(24-16)10-9-20-13(8-14(10)23-5)17(22)21(3)4/h7-9H,6H2,1-5H3/b16-11-,19-12?. The van der Waals surface area contributed by atoms with E-state index in [1.807, 2.05) is 6.92 Å². The number of rotatable bonds is 4. The zero-order chi connectivity index (χ0) is 17.9. The zero-order valence-corrected chi connectivity index (χ0v) is 15.1. The van der Waals surface area contributed by atoms with Crippen molar-refractivity contribution in [2.45, 2.75) is 13.3 Å². The lowest BCUT2D eigenvalue weighted by Gasteiger charge is -2.13. The highest BCUT2D eigenvalue weighted by atomic mass is 35.5. The van der Waals surface area contributed by atoms with Gasteiger partial charge in [-0.1, -0.05) is 18.5 Å². The number of hydrogen-bond donors (Lipinski definition) is 0. The monoisotopic (exact) mass is 349 g/mol. The van der Waals surface area contributed by atoms with Crippen molar-refractivity contribution in [1.82, 2.24) is 9.88 Å². The van der Waals surface area contributed by atoms with Crippen molar-refractivity contribution in [3.63, 3.8) is 0 Å². The lowest BCUT2D eigenvalue weighted by atomic mass is 10.1. The molecule has 0 radical (unpaired) electrons. The molecular weight excluding hydrogens is 330 g/mol. The molecule has 6 nitrogen and oxygen atoms in total. The van der Waals surface area contributed by atoms with Crippen LogP contribution in [-0.4, -0.2) is 49.8 Å². The summed E-state index contributed by atoms with van der Waals surface area (Å²) in [5.41, 5.74) is 1.59. The fourth-order valence-corrected chi connectivity index (χ4v) is 2.31. The lowest BCUT2D eigenvalue weighted by molar-refractivity contribution is 0.0821. The Labute approximate surface area is 146 Å². The zero-order valence-electron chi connectivity index (χ0n) is 14.4. The number of ether oxygens (including phenoxy) is 2. The van der Waals surface area contributed by atoms with Crippen LogP contribution in [0.25, 0.3) is 5.76 Å². The Bertz CT molecular complexity index is 751. The third kappa shape index (κ3) is 3.43. The first-order chi connectivity index (χ1) is 11.4. The summed E-state index contributed by atoms with van der Waals surface area (Å²) in [5.74, 6) is 1.36. The minimum atomic E-state index is -0.202. The van der Waals surface area contributed by atoms with Gasteiger partial charge in [0.1, 0.15) is 22.9 Å². The number of amides is 1. The molecule has 1 aliphatic rings. The highest BCUT2D eigenvalue weighted by molar-refractivity contribution is 6.33. The number of hydrogen-bond acceptors (Lipinski definition) is 5. The second kappa shape index (κ2) is 7.49. The molecule has 0 aliphatic carbocycles. The summed E-state index contributed by atoms with van der Waals surface area (Å²) in [4.78, 5) is 21.9. The molecule has 0 saturated heterocycles. The van der Waals surface area contributed by atoms with Gasteiger partial charge in [0, 0.05) is 39.5 Å². The van der Waals surface area contributed by atoms with Crippen molar-refractivity contribution >= 4 is 29.0 Å². The van der Waals surface area contributed by atoms with E-state index in [4.69, 9.17) is 21.1 Å². The van der Waals surface area contributed by atoms with Crippen molar-refractivity contribution in [2.75, 3.05) is 28.3 Å². The highest BCUT2D eigenvalue weighted by Crippen LogP contribution is 2.35. The maximum absolute atomic E-state index is 12.0. The minimum absolute atomic E-state index is 0.202. The molecule has 7 heteroatoms. The first-order valence-electron chi connectivity index (χ1n) is 7.44. The Hall–Kier alpha value is -2.34. The van der Waals surface area contributed by atoms with Gasteiger partial charge in [-0.15, -0.1) is 0 Å². The molecule has 1 aliphatic heterocycles. The predicted octanol–water partition coefficient (Wildman–Crippen LogP) is 3.09. The Balaban J connectivity index is 2.45. The number of carbonyl (C=O) groups is 1. The average Bonchev–Trinajstić information content (AvgIpc) is 3.03. The highest BCUT2D eigenvalue weighted by Gasteiger charge is 2.25. The Morgan fingerprint density at radius 2 is 2.17 bits per heavy atom. The number of aliphatic imine (C=N–C) groups is 1. The summed E-state index contributed by atoms with van der Waals surface area (Å²) < 4.78 is 11.3. The molecule has 0 spiro atoms. The summed E-state index contributed by atoms with van der Waals surface area (Å²) in [6.07, 6.45) is 3.97. The van der Waals surface area contributed by atoms with E-state index in [0.717, 1.165) is 0 Å². The second-order valence-electron chi connectivity index (χ2n) is 5.28. The molecule has 0 atom stereocenters. The summed E-state index contributed by atoms with van der Waals surface area (Å²) in [7, 11) is 6.54. The van der Waals surface area contributed by atoms with Crippen LogP contribution >= 0.6 is 11.6 Å². The van der Waals surface area contributed by atoms with Gasteiger partial charge in [-0.3, -0.25) is 14.8 Å².